The number of aryl methyl sites for hydroxylation is 1. The third-order valence-corrected chi connectivity index (χ3v) is 2.65. The number of imidazole rings is 1. The first-order chi connectivity index (χ1) is 8.60. The summed E-state index contributed by atoms with van der Waals surface area (Å²) in [5, 5.41) is 0. The zero-order valence-corrected chi connectivity index (χ0v) is 11.3. The van der Waals surface area contributed by atoms with Crippen molar-refractivity contribution in [2.45, 2.75) is 20.8 Å². The molecule has 3 heteroatoms. The number of aromatic nitrogens is 2. The molecule has 0 N–H and O–H groups in total. The molecule has 0 saturated carbocycles. The minimum atomic E-state index is 0.849. The van der Waals surface area contributed by atoms with Crippen LogP contribution in [0.3, 0.4) is 0 Å². The summed E-state index contributed by atoms with van der Waals surface area (Å²) in [6.45, 7) is 6.14. The monoisotopic (exact) mass is 242 g/mol. The summed E-state index contributed by atoms with van der Waals surface area (Å²) in [4.78, 5) is 4.23. The van der Waals surface area contributed by atoms with Gasteiger partial charge in [0.15, 0.2) is 0 Å². The summed E-state index contributed by atoms with van der Waals surface area (Å²) in [5.41, 5.74) is 4.41. The molecular formula is C15H18N2O. The molecule has 3 nitrogen and oxygen atoms in total. The fraction of sp³-hybridized carbons (Fsp3) is 0.267. The van der Waals surface area contributed by atoms with Gasteiger partial charge in [-0.25, -0.2) is 4.98 Å². The fourth-order valence-electron chi connectivity index (χ4n) is 1.88. The molecule has 0 saturated heterocycles. The number of benzene rings is 1. The van der Waals surface area contributed by atoms with Gasteiger partial charge in [-0.05, 0) is 38.5 Å². The van der Waals surface area contributed by atoms with Gasteiger partial charge in [0.25, 0.3) is 0 Å². The van der Waals surface area contributed by atoms with E-state index in [9.17, 15) is 0 Å². The molecule has 0 bridgehead atoms. The topological polar surface area (TPSA) is 27.1 Å². The Morgan fingerprint density at radius 3 is 2.67 bits per heavy atom. The van der Waals surface area contributed by atoms with E-state index >= 15 is 0 Å². The normalized spacial score (nSPS) is 10.2. The van der Waals surface area contributed by atoms with Crippen LogP contribution < -0.4 is 4.74 Å². The second kappa shape index (κ2) is 5.08. The molecule has 0 spiro atoms. The minimum Gasteiger partial charge on any atom is -0.495 e. The van der Waals surface area contributed by atoms with Crippen LogP contribution in [-0.2, 0) is 0 Å². The Morgan fingerprint density at radius 1 is 1.33 bits per heavy atom. The van der Waals surface area contributed by atoms with Crippen molar-refractivity contribution in [1.82, 2.24) is 9.55 Å². The van der Waals surface area contributed by atoms with Gasteiger partial charge in [-0.2, -0.15) is 0 Å². The number of methoxy groups -OCH3 is 1. The maximum Gasteiger partial charge on any atom is 0.143 e. The molecule has 0 amide bonds. The summed E-state index contributed by atoms with van der Waals surface area (Å²) in [6.07, 6.45) is 5.91. The van der Waals surface area contributed by atoms with Gasteiger partial charge in [-0.15, -0.1) is 0 Å². The van der Waals surface area contributed by atoms with E-state index in [1.807, 2.05) is 23.8 Å². The second-order valence-corrected chi connectivity index (χ2v) is 4.58. The Labute approximate surface area is 108 Å². The highest BCUT2D eigenvalue weighted by molar-refractivity contribution is 5.59. The predicted octanol–water partition coefficient (Wildman–Crippen LogP) is 3.61. The van der Waals surface area contributed by atoms with Crippen molar-refractivity contribution in [3.05, 3.63) is 47.6 Å². The number of hydrogen-bond acceptors (Lipinski definition) is 2. The SMILES string of the molecule is COc1cc(C=C(C)C)ccc1-n1cnc(C)c1. The molecular weight excluding hydrogens is 224 g/mol. The molecule has 0 aliphatic carbocycles. The van der Waals surface area contributed by atoms with Crippen LogP contribution in [0, 0.1) is 6.92 Å². The molecule has 18 heavy (non-hydrogen) atoms. The van der Waals surface area contributed by atoms with E-state index in [2.05, 4.69) is 37.0 Å². The van der Waals surface area contributed by atoms with E-state index in [0.717, 1.165) is 22.7 Å². The zero-order valence-electron chi connectivity index (χ0n) is 11.3. The number of allylic oxidation sites excluding steroid dienone is 1. The Morgan fingerprint density at radius 2 is 2.11 bits per heavy atom. The van der Waals surface area contributed by atoms with E-state index in [0.29, 0.717) is 0 Å². The maximum absolute atomic E-state index is 5.45. The Bertz CT molecular complexity index is 578. The first-order valence-corrected chi connectivity index (χ1v) is 5.94. The van der Waals surface area contributed by atoms with Crippen LogP contribution in [0.1, 0.15) is 25.1 Å². The predicted molar refractivity (Wildman–Crippen MR) is 74.2 cm³/mol. The molecule has 94 valence electrons. The van der Waals surface area contributed by atoms with Gasteiger partial charge >= 0.3 is 0 Å². The number of ether oxygens (including phenoxy) is 1. The van der Waals surface area contributed by atoms with Crippen LogP contribution in [0.2, 0.25) is 0 Å². The first-order valence-electron chi connectivity index (χ1n) is 5.94. The molecule has 2 aromatic rings. The van der Waals surface area contributed by atoms with Crippen molar-refractivity contribution < 1.29 is 4.74 Å². The van der Waals surface area contributed by atoms with Gasteiger partial charge < -0.3 is 9.30 Å². The van der Waals surface area contributed by atoms with Crippen molar-refractivity contribution in [2.24, 2.45) is 0 Å². The number of hydrogen-bond donors (Lipinski definition) is 0. The molecule has 1 heterocycles. The third-order valence-electron chi connectivity index (χ3n) is 2.65. The summed E-state index contributed by atoms with van der Waals surface area (Å²) in [5.74, 6) is 0.849. The van der Waals surface area contributed by atoms with Crippen molar-refractivity contribution >= 4 is 6.08 Å². The van der Waals surface area contributed by atoms with Crippen LogP contribution >= 0.6 is 0 Å². The molecule has 0 aliphatic heterocycles. The lowest BCUT2D eigenvalue weighted by atomic mass is 10.1. The van der Waals surface area contributed by atoms with Gasteiger partial charge in [0.1, 0.15) is 5.75 Å². The summed E-state index contributed by atoms with van der Waals surface area (Å²) < 4.78 is 7.43. The average molecular weight is 242 g/mol. The second-order valence-electron chi connectivity index (χ2n) is 4.58. The highest BCUT2D eigenvalue weighted by atomic mass is 16.5. The van der Waals surface area contributed by atoms with Crippen LogP contribution in [0.4, 0.5) is 0 Å². The Hall–Kier alpha value is -2.03. The molecule has 0 fully saturated rings. The van der Waals surface area contributed by atoms with Crippen molar-refractivity contribution in [2.75, 3.05) is 7.11 Å². The Balaban J connectivity index is 2.46. The molecule has 0 atom stereocenters. The lowest BCUT2D eigenvalue weighted by Crippen LogP contribution is -1.96. The smallest absolute Gasteiger partial charge is 0.143 e. The Kier molecular flexibility index (Phi) is 3.51. The highest BCUT2D eigenvalue weighted by Crippen LogP contribution is 2.25. The lowest BCUT2D eigenvalue weighted by molar-refractivity contribution is 0.413. The third kappa shape index (κ3) is 2.62. The number of rotatable bonds is 3. The quantitative estimate of drug-likeness (QED) is 0.822. The van der Waals surface area contributed by atoms with Crippen LogP contribution in [-0.4, -0.2) is 16.7 Å². The summed E-state index contributed by atoms with van der Waals surface area (Å²) >= 11 is 0. The van der Waals surface area contributed by atoms with E-state index in [4.69, 9.17) is 4.74 Å². The van der Waals surface area contributed by atoms with E-state index in [-0.39, 0.29) is 0 Å². The first kappa shape index (κ1) is 12.4. The molecule has 1 aromatic heterocycles. The number of nitrogens with zero attached hydrogens (tertiary/aromatic N) is 2. The molecule has 0 aliphatic rings. The van der Waals surface area contributed by atoms with E-state index < -0.39 is 0 Å². The maximum atomic E-state index is 5.45. The summed E-state index contributed by atoms with van der Waals surface area (Å²) in [7, 11) is 1.69. The molecule has 0 radical (unpaired) electrons. The minimum absolute atomic E-state index is 0.849. The summed E-state index contributed by atoms with van der Waals surface area (Å²) in [6, 6.07) is 6.17. The van der Waals surface area contributed by atoms with Crippen molar-refractivity contribution in [3.8, 4) is 11.4 Å². The van der Waals surface area contributed by atoms with Gasteiger partial charge in [0.2, 0.25) is 0 Å². The molecule has 2 rings (SSSR count). The molecule has 1 aromatic carbocycles. The van der Waals surface area contributed by atoms with Crippen LogP contribution in [0.25, 0.3) is 11.8 Å². The fourth-order valence-corrected chi connectivity index (χ4v) is 1.88. The van der Waals surface area contributed by atoms with Gasteiger partial charge in [0, 0.05) is 6.20 Å². The van der Waals surface area contributed by atoms with Crippen molar-refractivity contribution in [3.63, 3.8) is 0 Å². The van der Waals surface area contributed by atoms with Crippen molar-refractivity contribution in [1.29, 1.82) is 0 Å². The van der Waals surface area contributed by atoms with E-state index in [1.165, 1.54) is 5.57 Å². The van der Waals surface area contributed by atoms with Gasteiger partial charge in [-0.1, -0.05) is 17.7 Å². The van der Waals surface area contributed by atoms with Gasteiger partial charge in [0.05, 0.1) is 24.8 Å². The molecule has 0 unspecified atom stereocenters. The lowest BCUT2D eigenvalue weighted by Gasteiger charge is -2.10. The van der Waals surface area contributed by atoms with Crippen LogP contribution in [0.5, 0.6) is 5.75 Å². The zero-order chi connectivity index (χ0) is 13.1. The largest absolute Gasteiger partial charge is 0.495 e. The van der Waals surface area contributed by atoms with Gasteiger partial charge in [-0.3, -0.25) is 0 Å². The standard InChI is InChI=1S/C15H18N2O/c1-11(2)7-13-5-6-14(15(8-13)18-4)17-9-12(3)16-10-17/h5-10H,1-4H3. The van der Waals surface area contributed by atoms with E-state index in [1.54, 1.807) is 13.4 Å². The highest BCUT2D eigenvalue weighted by Gasteiger charge is 2.06. The van der Waals surface area contributed by atoms with Crippen LogP contribution in [0.15, 0.2) is 36.3 Å². The average Bonchev–Trinajstić information content (AvgIpc) is 2.74.